The number of amides is 2. The maximum absolute atomic E-state index is 13.7. The number of hydrogen-bond acceptors (Lipinski definition) is 5. The van der Waals surface area contributed by atoms with Crippen LogP contribution in [-0.4, -0.2) is 39.8 Å². The quantitative estimate of drug-likeness (QED) is 0.143. The van der Waals surface area contributed by atoms with Gasteiger partial charge < -0.3 is 15.3 Å². The number of carbonyl (C=O) groups is 2. The fourth-order valence-electron chi connectivity index (χ4n) is 7.00. The molecule has 3 aromatic carbocycles. The average Bonchev–Trinajstić information content (AvgIpc) is 3.26. The molecule has 1 heterocycles. The van der Waals surface area contributed by atoms with Crippen LogP contribution in [0.1, 0.15) is 61.3 Å². The lowest BCUT2D eigenvalue weighted by Crippen LogP contribution is -2.39. The number of anilines is 1. The van der Waals surface area contributed by atoms with Crippen molar-refractivity contribution in [1.82, 2.24) is 0 Å². The third-order valence-electron chi connectivity index (χ3n) is 8.99. The van der Waals surface area contributed by atoms with Crippen LogP contribution in [0.15, 0.2) is 83.9 Å². The summed E-state index contributed by atoms with van der Waals surface area (Å²) in [5.74, 6) is -2.09. The highest BCUT2D eigenvalue weighted by Crippen LogP contribution is 2.48. The van der Waals surface area contributed by atoms with E-state index in [0.29, 0.717) is 37.1 Å². The Balaban J connectivity index is 1.46. The first-order valence-corrected chi connectivity index (χ1v) is 15.2. The van der Waals surface area contributed by atoms with Crippen molar-refractivity contribution in [2.24, 2.45) is 17.8 Å². The van der Waals surface area contributed by atoms with Crippen molar-refractivity contribution in [1.29, 1.82) is 0 Å². The fraction of sp³-hybridized carbons (Fsp3) is 0.351. The van der Waals surface area contributed by atoms with E-state index in [1.807, 2.05) is 62.4 Å². The number of carbonyl (C=O) groups excluding carboxylic acids is 2. The molecule has 0 spiro atoms. The minimum absolute atomic E-state index is 0.226. The van der Waals surface area contributed by atoms with Gasteiger partial charge in [-0.15, -0.1) is 0 Å². The second-order valence-electron chi connectivity index (χ2n) is 11.9. The molecule has 0 unspecified atom stereocenters. The third-order valence-corrected chi connectivity index (χ3v) is 8.99. The highest BCUT2D eigenvalue weighted by Gasteiger charge is 2.55. The summed E-state index contributed by atoms with van der Waals surface area (Å²) in [5.41, 5.74) is 6.91. The zero-order valence-electron chi connectivity index (χ0n) is 25.2. The number of aliphatic hydroxyl groups excluding tert-OH is 2. The fourth-order valence-corrected chi connectivity index (χ4v) is 7.00. The molecular formula is C37H41NO5. The van der Waals surface area contributed by atoms with Gasteiger partial charge in [-0.2, -0.15) is 0 Å². The number of benzene rings is 3. The molecule has 4 atom stereocenters. The molecule has 1 saturated heterocycles. The summed E-state index contributed by atoms with van der Waals surface area (Å²) in [6.07, 6.45) is 4.14. The number of hydrogen-bond donors (Lipinski definition) is 3. The Hall–Kier alpha value is -4.00. The molecule has 1 aliphatic heterocycles. The minimum atomic E-state index is -0.872. The van der Waals surface area contributed by atoms with E-state index in [2.05, 4.69) is 13.0 Å². The van der Waals surface area contributed by atoms with Gasteiger partial charge in [0.05, 0.1) is 30.2 Å². The number of rotatable bonds is 10. The number of aromatic hydroxyl groups is 1. The summed E-state index contributed by atoms with van der Waals surface area (Å²) < 4.78 is 0. The van der Waals surface area contributed by atoms with Gasteiger partial charge in [0.1, 0.15) is 5.75 Å². The van der Waals surface area contributed by atoms with Crippen LogP contribution in [0.2, 0.25) is 0 Å². The lowest BCUT2D eigenvalue weighted by molar-refractivity contribution is -0.123. The largest absolute Gasteiger partial charge is 0.507 e. The first-order chi connectivity index (χ1) is 20.7. The Kier molecular flexibility index (Phi) is 9.28. The maximum Gasteiger partial charge on any atom is 0.238 e. The van der Waals surface area contributed by atoms with Crippen LogP contribution in [0.4, 0.5) is 5.69 Å². The molecule has 6 heteroatoms. The number of aryl methyl sites for hydroxylation is 2. The Morgan fingerprint density at radius 3 is 2.21 bits per heavy atom. The first-order valence-electron chi connectivity index (χ1n) is 15.2. The summed E-state index contributed by atoms with van der Waals surface area (Å²) in [4.78, 5) is 28.6. The second-order valence-corrected chi connectivity index (χ2v) is 11.9. The number of allylic oxidation sites excluding steroid dienone is 2. The van der Waals surface area contributed by atoms with Gasteiger partial charge >= 0.3 is 0 Å². The SMILES string of the molecule is CCCC1=C([C@H](O)CC/C(=C/c2cc(C)c(O)c(C)c2)c2ccccc2)[C@H](CO)[C@@H]2C(=O)N(c3ccccc3)C(=O)[C@@H]2C1. The van der Waals surface area contributed by atoms with Gasteiger partial charge in [0, 0.05) is 5.92 Å². The molecule has 2 aliphatic rings. The normalized spacial score (nSPS) is 21.4. The van der Waals surface area contributed by atoms with E-state index in [-0.39, 0.29) is 18.4 Å². The molecule has 224 valence electrons. The maximum atomic E-state index is 13.7. The van der Waals surface area contributed by atoms with Crippen molar-refractivity contribution in [2.75, 3.05) is 11.5 Å². The van der Waals surface area contributed by atoms with Crippen molar-refractivity contribution < 1.29 is 24.9 Å². The highest BCUT2D eigenvalue weighted by atomic mass is 16.3. The monoisotopic (exact) mass is 579 g/mol. The van der Waals surface area contributed by atoms with Crippen molar-refractivity contribution in [3.63, 3.8) is 0 Å². The van der Waals surface area contributed by atoms with Crippen molar-refractivity contribution in [3.8, 4) is 5.75 Å². The van der Waals surface area contributed by atoms with Crippen LogP contribution >= 0.6 is 0 Å². The Morgan fingerprint density at radius 2 is 1.60 bits per heavy atom. The zero-order valence-corrected chi connectivity index (χ0v) is 25.2. The number of para-hydroxylation sites is 1. The molecule has 6 nitrogen and oxygen atoms in total. The summed E-state index contributed by atoms with van der Waals surface area (Å²) in [6.45, 7) is 5.52. The van der Waals surface area contributed by atoms with Crippen LogP contribution in [0.3, 0.4) is 0 Å². The molecule has 43 heavy (non-hydrogen) atoms. The molecule has 0 aromatic heterocycles. The molecule has 1 fully saturated rings. The summed E-state index contributed by atoms with van der Waals surface area (Å²) in [5, 5.41) is 32.7. The lowest BCUT2D eigenvalue weighted by Gasteiger charge is -2.36. The van der Waals surface area contributed by atoms with Crippen LogP contribution in [0.25, 0.3) is 11.6 Å². The highest BCUT2D eigenvalue weighted by molar-refractivity contribution is 6.22. The molecular weight excluding hydrogens is 538 g/mol. The predicted molar refractivity (Wildman–Crippen MR) is 170 cm³/mol. The smallest absolute Gasteiger partial charge is 0.238 e. The summed E-state index contributed by atoms with van der Waals surface area (Å²) in [6, 6.07) is 22.9. The van der Waals surface area contributed by atoms with Gasteiger partial charge in [0.2, 0.25) is 11.8 Å². The topological polar surface area (TPSA) is 98.1 Å². The first kappa shape index (κ1) is 30.5. The van der Waals surface area contributed by atoms with Crippen molar-refractivity contribution >= 4 is 29.2 Å². The number of aliphatic hydroxyl groups is 2. The van der Waals surface area contributed by atoms with E-state index in [4.69, 9.17) is 0 Å². The minimum Gasteiger partial charge on any atom is -0.507 e. The van der Waals surface area contributed by atoms with E-state index in [1.165, 1.54) is 4.90 Å². The predicted octanol–water partition coefficient (Wildman–Crippen LogP) is 6.61. The van der Waals surface area contributed by atoms with E-state index < -0.39 is 23.9 Å². The summed E-state index contributed by atoms with van der Waals surface area (Å²) >= 11 is 0. The van der Waals surface area contributed by atoms with E-state index in [0.717, 1.165) is 45.4 Å². The molecule has 3 aromatic rings. The number of phenolic OH excluding ortho intramolecular Hbond substituents is 1. The van der Waals surface area contributed by atoms with Crippen LogP contribution in [0.5, 0.6) is 5.75 Å². The van der Waals surface area contributed by atoms with Crippen LogP contribution in [0, 0.1) is 31.6 Å². The third kappa shape index (κ3) is 6.08. The van der Waals surface area contributed by atoms with Gasteiger partial charge in [-0.1, -0.05) is 73.5 Å². The number of nitrogens with zero attached hydrogens (tertiary/aromatic N) is 1. The molecule has 3 N–H and O–H groups in total. The van der Waals surface area contributed by atoms with E-state index >= 15 is 0 Å². The van der Waals surface area contributed by atoms with Gasteiger partial charge in [0.15, 0.2) is 0 Å². The Morgan fingerprint density at radius 1 is 0.977 bits per heavy atom. The average molecular weight is 580 g/mol. The number of phenols is 1. The van der Waals surface area contributed by atoms with Crippen molar-refractivity contribution in [3.05, 3.63) is 106 Å². The van der Waals surface area contributed by atoms with Crippen LogP contribution < -0.4 is 4.90 Å². The number of imide groups is 1. The lowest BCUT2D eigenvalue weighted by atomic mass is 9.67. The van der Waals surface area contributed by atoms with Gasteiger partial charge in [0.25, 0.3) is 0 Å². The standard InChI is InChI=1S/C37H41NO5/c1-4-11-28-21-30-34(37(43)38(36(30)42)29-14-9-6-10-15-29)31(22-39)33(28)32(40)17-16-27(26-12-7-5-8-13-26)20-25-18-23(2)35(41)24(3)19-25/h5-10,12-15,18-20,30-32,34,39-41H,4,11,16-17,21-22H2,1-3H3/b27-20-/t30-,31+,32-,34-/m1/s1. The van der Waals surface area contributed by atoms with E-state index in [9.17, 15) is 24.9 Å². The van der Waals surface area contributed by atoms with Gasteiger partial charge in [-0.05, 0) is 97.2 Å². The molecule has 5 rings (SSSR count). The molecule has 0 bridgehead atoms. The van der Waals surface area contributed by atoms with Crippen molar-refractivity contribution in [2.45, 2.75) is 59.0 Å². The van der Waals surface area contributed by atoms with E-state index in [1.54, 1.807) is 24.3 Å². The zero-order chi connectivity index (χ0) is 30.7. The van der Waals surface area contributed by atoms with Gasteiger partial charge in [-0.25, -0.2) is 0 Å². The molecule has 0 saturated carbocycles. The van der Waals surface area contributed by atoms with Crippen LogP contribution in [-0.2, 0) is 9.59 Å². The Bertz CT molecular complexity index is 1520. The Labute approximate surface area is 254 Å². The molecule has 2 amide bonds. The van der Waals surface area contributed by atoms with Gasteiger partial charge in [-0.3, -0.25) is 14.5 Å². The number of fused-ring (bicyclic) bond motifs is 1. The molecule has 0 radical (unpaired) electrons. The molecule has 1 aliphatic carbocycles. The second kappa shape index (κ2) is 13.1. The summed E-state index contributed by atoms with van der Waals surface area (Å²) in [7, 11) is 0.